The molecule has 2 rings (SSSR count). The molecule has 7 nitrogen and oxygen atoms in total. The van der Waals surface area contributed by atoms with E-state index in [-0.39, 0.29) is 25.0 Å². The van der Waals surface area contributed by atoms with Crippen LogP contribution in [-0.4, -0.2) is 62.0 Å². The molecule has 21 heavy (non-hydrogen) atoms. The van der Waals surface area contributed by atoms with Crippen molar-refractivity contribution in [1.82, 2.24) is 19.4 Å². The molecule has 2 amide bonds. The van der Waals surface area contributed by atoms with Crippen molar-refractivity contribution < 1.29 is 14.7 Å². The molecule has 1 aromatic heterocycles. The van der Waals surface area contributed by atoms with Crippen LogP contribution in [0.1, 0.15) is 25.6 Å². The molecule has 1 N–H and O–H groups in total. The molecule has 1 atom stereocenters. The Hall–Kier alpha value is -1.89. The van der Waals surface area contributed by atoms with E-state index in [1.54, 1.807) is 22.9 Å². The quantitative estimate of drug-likeness (QED) is 0.785. The van der Waals surface area contributed by atoms with Crippen molar-refractivity contribution >= 4 is 11.8 Å². The predicted molar refractivity (Wildman–Crippen MR) is 76.1 cm³/mol. The van der Waals surface area contributed by atoms with Gasteiger partial charge in [0.1, 0.15) is 11.9 Å². The van der Waals surface area contributed by atoms with Gasteiger partial charge >= 0.3 is 0 Å². The molecule has 0 aliphatic carbocycles. The van der Waals surface area contributed by atoms with Gasteiger partial charge in [0.25, 0.3) is 0 Å². The van der Waals surface area contributed by atoms with Gasteiger partial charge in [0.05, 0.1) is 13.2 Å². The minimum absolute atomic E-state index is 0.0248. The van der Waals surface area contributed by atoms with Crippen molar-refractivity contribution in [2.24, 2.45) is 7.05 Å². The zero-order valence-corrected chi connectivity index (χ0v) is 12.5. The summed E-state index contributed by atoms with van der Waals surface area (Å²) in [7, 11) is 1.86. The number of rotatable bonds is 6. The second kappa shape index (κ2) is 6.71. The van der Waals surface area contributed by atoms with Gasteiger partial charge in [-0.15, -0.1) is 0 Å². The van der Waals surface area contributed by atoms with E-state index in [9.17, 15) is 14.7 Å². The van der Waals surface area contributed by atoms with E-state index in [1.807, 2.05) is 17.8 Å². The molecular weight excluding hydrogens is 272 g/mol. The first-order valence-corrected chi connectivity index (χ1v) is 7.20. The maximum Gasteiger partial charge on any atom is 0.245 e. The number of nitrogens with zero attached hydrogens (tertiary/aromatic N) is 4. The molecule has 0 spiro atoms. The topological polar surface area (TPSA) is 78.7 Å². The van der Waals surface area contributed by atoms with Crippen molar-refractivity contribution in [3.8, 4) is 0 Å². The average Bonchev–Trinajstić information content (AvgIpc) is 3.06. The van der Waals surface area contributed by atoms with Crippen LogP contribution in [0.5, 0.6) is 0 Å². The molecular formula is C14H22N4O3. The summed E-state index contributed by atoms with van der Waals surface area (Å²) >= 11 is 0. The standard InChI is InChI=1S/C14H22N4O3/c1-11(18-6-3-4-13(18)20)14(21)17(8-9-19)10-12-15-5-7-16(12)2/h5,7,11,19H,3-4,6,8-10H2,1-2H3. The van der Waals surface area contributed by atoms with Crippen LogP contribution in [-0.2, 0) is 23.2 Å². The number of hydrogen-bond acceptors (Lipinski definition) is 4. The highest BCUT2D eigenvalue weighted by atomic mass is 16.3. The van der Waals surface area contributed by atoms with Crippen LogP contribution in [0.2, 0.25) is 0 Å². The minimum Gasteiger partial charge on any atom is -0.395 e. The summed E-state index contributed by atoms with van der Waals surface area (Å²) in [6.45, 7) is 2.82. The lowest BCUT2D eigenvalue weighted by Crippen LogP contribution is -2.48. The molecule has 1 aliphatic rings. The largest absolute Gasteiger partial charge is 0.395 e. The number of aromatic nitrogens is 2. The molecule has 2 heterocycles. The van der Waals surface area contributed by atoms with Crippen molar-refractivity contribution in [3.05, 3.63) is 18.2 Å². The molecule has 1 aromatic rings. The van der Waals surface area contributed by atoms with Gasteiger partial charge in [0, 0.05) is 39.0 Å². The second-order valence-corrected chi connectivity index (χ2v) is 5.30. The molecule has 1 unspecified atom stereocenters. The Labute approximate surface area is 124 Å². The Bertz CT molecular complexity index is 514. The molecule has 7 heteroatoms. The van der Waals surface area contributed by atoms with Gasteiger partial charge in [-0.2, -0.15) is 0 Å². The van der Waals surface area contributed by atoms with Gasteiger partial charge in [-0.1, -0.05) is 0 Å². The average molecular weight is 294 g/mol. The highest BCUT2D eigenvalue weighted by Gasteiger charge is 2.32. The summed E-state index contributed by atoms with van der Waals surface area (Å²) < 4.78 is 1.84. The second-order valence-electron chi connectivity index (χ2n) is 5.30. The maximum atomic E-state index is 12.6. The van der Waals surface area contributed by atoms with Crippen LogP contribution in [0.15, 0.2) is 12.4 Å². The van der Waals surface area contributed by atoms with Crippen LogP contribution in [0, 0.1) is 0 Å². The fourth-order valence-electron chi connectivity index (χ4n) is 2.58. The van der Waals surface area contributed by atoms with Crippen LogP contribution >= 0.6 is 0 Å². The lowest BCUT2D eigenvalue weighted by atomic mass is 10.2. The summed E-state index contributed by atoms with van der Waals surface area (Å²) in [5.74, 6) is 0.621. The smallest absolute Gasteiger partial charge is 0.245 e. The molecule has 0 radical (unpaired) electrons. The Morgan fingerprint density at radius 2 is 2.33 bits per heavy atom. The summed E-state index contributed by atoms with van der Waals surface area (Å²) in [6.07, 6.45) is 4.79. The number of imidazole rings is 1. The van der Waals surface area contributed by atoms with E-state index in [1.165, 1.54) is 0 Å². The summed E-state index contributed by atoms with van der Waals surface area (Å²) in [4.78, 5) is 31.7. The molecule has 0 saturated carbocycles. The van der Waals surface area contributed by atoms with E-state index in [0.29, 0.717) is 19.5 Å². The Morgan fingerprint density at radius 3 is 2.86 bits per heavy atom. The first kappa shape index (κ1) is 15.5. The zero-order chi connectivity index (χ0) is 15.4. The number of aliphatic hydroxyl groups excluding tert-OH is 1. The Morgan fingerprint density at radius 1 is 1.57 bits per heavy atom. The van der Waals surface area contributed by atoms with E-state index >= 15 is 0 Å². The van der Waals surface area contributed by atoms with Gasteiger partial charge in [-0.05, 0) is 13.3 Å². The number of carbonyl (C=O) groups is 2. The van der Waals surface area contributed by atoms with Crippen LogP contribution in [0.25, 0.3) is 0 Å². The van der Waals surface area contributed by atoms with E-state index < -0.39 is 6.04 Å². The van der Waals surface area contributed by atoms with Crippen molar-refractivity contribution in [2.75, 3.05) is 19.7 Å². The van der Waals surface area contributed by atoms with Crippen LogP contribution in [0.3, 0.4) is 0 Å². The Balaban J connectivity index is 2.08. The number of aryl methyl sites for hydroxylation is 1. The third-order valence-electron chi connectivity index (χ3n) is 3.87. The fraction of sp³-hybridized carbons (Fsp3) is 0.643. The lowest BCUT2D eigenvalue weighted by Gasteiger charge is -2.29. The number of amides is 2. The van der Waals surface area contributed by atoms with Gasteiger partial charge in [-0.3, -0.25) is 9.59 Å². The van der Waals surface area contributed by atoms with Crippen LogP contribution < -0.4 is 0 Å². The van der Waals surface area contributed by atoms with Crippen LogP contribution in [0.4, 0.5) is 0 Å². The number of aliphatic hydroxyl groups is 1. The molecule has 116 valence electrons. The van der Waals surface area contributed by atoms with E-state index in [4.69, 9.17) is 0 Å². The van der Waals surface area contributed by atoms with Gasteiger partial charge in [-0.25, -0.2) is 4.98 Å². The number of likely N-dealkylation sites (tertiary alicyclic amines) is 1. The van der Waals surface area contributed by atoms with E-state index in [0.717, 1.165) is 12.2 Å². The minimum atomic E-state index is -0.494. The van der Waals surface area contributed by atoms with Crippen molar-refractivity contribution in [1.29, 1.82) is 0 Å². The van der Waals surface area contributed by atoms with Crippen molar-refractivity contribution in [2.45, 2.75) is 32.4 Å². The first-order valence-electron chi connectivity index (χ1n) is 7.20. The molecule has 1 saturated heterocycles. The van der Waals surface area contributed by atoms with Crippen molar-refractivity contribution in [3.63, 3.8) is 0 Å². The number of carbonyl (C=O) groups excluding carboxylic acids is 2. The third-order valence-corrected chi connectivity index (χ3v) is 3.87. The SMILES string of the molecule is CC(C(=O)N(CCO)Cc1nccn1C)N1CCCC1=O. The van der Waals surface area contributed by atoms with Gasteiger partial charge in [0.15, 0.2) is 0 Å². The summed E-state index contributed by atoms with van der Waals surface area (Å²) in [6, 6.07) is -0.494. The zero-order valence-electron chi connectivity index (χ0n) is 12.5. The highest BCUT2D eigenvalue weighted by Crippen LogP contribution is 2.16. The summed E-state index contributed by atoms with van der Waals surface area (Å²) in [5.41, 5.74) is 0. The highest BCUT2D eigenvalue weighted by molar-refractivity contribution is 5.88. The van der Waals surface area contributed by atoms with Gasteiger partial charge < -0.3 is 19.5 Å². The predicted octanol–water partition coefficient (Wildman–Crippen LogP) is -0.248. The normalized spacial score (nSPS) is 16.3. The first-order chi connectivity index (χ1) is 10.0. The van der Waals surface area contributed by atoms with E-state index in [2.05, 4.69) is 4.98 Å². The summed E-state index contributed by atoms with van der Waals surface area (Å²) in [5, 5.41) is 9.18. The van der Waals surface area contributed by atoms with Gasteiger partial charge in [0.2, 0.25) is 11.8 Å². The molecule has 1 aliphatic heterocycles. The monoisotopic (exact) mass is 294 g/mol. The Kier molecular flexibility index (Phi) is 4.95. The molecule has 1 fully saturated rings. The molecule has 0 aromatic carbocycles. The third kappa shape index (κ3) is 3.41. The fourth-order valence-corrected chi connectivity index (χ4v) is 2.58. The molecule has 0 bridgehead atoms. The maximum absolute atomic E-state index is 12.6. The lowest BCUT2D eigenvalue weighted by molar-refractivity contribution is -0.143. The number of hydrogen-bond donors (Lipinski definition) is 1.